The molecule has 2 aromatic heterocycles. The Hall–Kier alpha value is -3.66. The molecular weight excluding hydrogens is 340 g/mol. The topological polar surface area (TPSA) is 86.8 Å². The Kier molecular flexibility index (Phi) is 5.80. The van der Waals surface area contributed by atoms with Gasteiger partial charge in [0, 0.05) is 44.4 Å². The molecule has 1 amide bonds. The lowest BCUT2D eigenvalue weighted by molar-refractivity contribution is 0.0954. The third-order valence-corrected chi connectivity index (χ3v) is 4.22. The van der Waals surface area contributed by atoms with Gasteiger partial charge in [0.15, 0.2) is 0 Å². The minimum Gasteiger partial charge on any atom is -0.364 e. The molecule has 0 aliphatic heterocycles. The van der Waals surface area contributed by atoms with Crippen molar-refractivity contribution in [1.29, 1.82) is 5.26 Å². The predicted molar refractivity (Wildman–Crippen MR) is 102 cm³/mol. The number of nitrogens with zero attached hydrogens (tertiary/aromatic N) is 5. The minimum atomic E-state index is -0.150. The van der Waals surface area contributed by atoms with Crippen molar-refractivity contribution >= 4 is 11.6 Å². The van der Waals surface area contributed by atoms with Crippen molar-refractivity contribution in [2.75, 3.05) is 18.0 Å². The number of nitriles is 1. The van der Waals surface area contributed by atoms with Crippen molar-refractivity contribution in [3.05, 3.63) is 78.1 Å². The zero-order chi connectivity index (χ0) is 19.1. The van der Waals surface area contributed by atoms with Crippen LogP contribution in [0.1, 0.15) is 21.6 Å². The quantitative estimate of drug-likeness (QED) is 0.697. The first kappa shape index (κ1) is 18.1. The molecule has 0 aliphatic carbocycles. The van der Waals surface area contributed by atoms with Crippen LogP contribution in [0.5, 0.6) is 0 Å². The summed E-state index contributed by atoms with van der Waals surface area (Å²) in [6.07, 6.45) is 6.77. The molecule has 0 atom stereocenters. The summed E-state index contributed by atoms with van der Waals surface area (Å²) in [5, 5.41) is 11.9. The molecule has 3 rings (SSSR count). The molecule has 0 bridgehead atoms. The summed E-state index contributed by atoms with van der Waals surface area (Å²) in [5.74, 6) is -0.150. The molecule has 3 aromatic rings. The summed E-state index contributed by atoms with van der Waals surface area (Å²) < 4.78 is 1.96. The van der Waals surface area contributed by atoms with E-state index in [9.17, 15) is 4.79 Å². The van der Waals surface area contributed by atoms with E-state index in [1.165, 1.54) is 0 Å². The Labute approximate surface area is 157 Å². The van der Waals surface area contributed by atoms with E-state index in [0.717, 1.165) is 11.4 Å². The van der Waals surface area contributed by atoms with Crippen molar-refractivity contribution in [2.45, 2.75) is 6.54 Å². The summed E-state index contributed by atoms with van der Waals surface area (Å²) in [5.41, 5.74) is 3.18. The monoisotopic (exact) mass is 360 g/mol. The van der Waals surface area contributed by atoms with Crippen LogP contribution in [0.2, 0.25) is 0 Å². The third-order valence-electron chi connectivity index (χ3n) is 4.22. The summed E-state index contributed by atoms with van der Waals surface area (Å²) in [7, 11) is 1.95. The van der Waals surface area contributed by atoms with Crippen LogP contribution in [0.4, 0.5) is 5.69 Å². The van der Waals surface area contributed by atoms with E-state index >= 15 is 0 Å². The van der Waals surface area contributed by atoms with Gasteiger partial charge >= 0.3 is 0 Å². The number of benzene rings is 1. The molecule has 0 radical (unpaired) electrons. The van der Waals surface area contributed by atoms with Crippen LogP contribution >= 0.6 is 0 Å². The van der Waals surface area contributed by atoms with Gasteiger partial charge in [0.05, 0.1) is 35.8 Å². The first-order valence-corrected chi connectivity index (χ1v) is 8.56. The molecule has 0 saturated heterocycles. The predicted octanol–water partition coefficient (Wildman–Crippen LogP) is 2.12. The van der Waals surface area contributed by atoms with E-state index in [4.69, 9.17) is 5.26 Å². The average Bonchev–Trinajstić information content (AvgIpc) is 3.12. The van der Waals surface area contributed by atoms with Gasteiger partial charge in [-0.05, 0) is 36.4 Å². The molecule has 1 aromatic carbocycles. The van der Waals surface area contributed by atoms with Gasteiger partial charge in [-0.1, -0.05) is 0 Å². The summed E-state index contributed by atoms with van der Waals surface area (Å²) in [6, 6.07) is 13.0. The Bertz CT molecular complexity index is 927. The van der Waals surface area contributed by atoms with Crippen LogP contribution in [0.15, 0.2) is 61.3 Å². The van der Waals surface area contributed by atoms with Crippen LogP contribution in [0, 0.1) is 11.3 Å². The van der Waals surface area contributed by atoms with Crippen LogP contribution in [-0.4, -0.2) is 33.5 Å². The Balaban J connectivity index is 1.68. The van der Waals surface area contributed by atoms with Crippen molar-refractivity contribution < 1.29 is 4.79 Å². The molecule has 1 N–H and O–H groups in total. The number of carbonyl (C=O) groups is 1. The lowest BCUT2D eigenvalue weighted by Crippen LogP contribution is -2.35. The first-order valence-electron chi connectivity index (χ1n) is 8.56. The van der Waals surface area contributed by atoms with Crippen LogP contribution in [-0.2, 0) is 13.6 Å². The number of aryl methyl sites for hydroxylation is 1. The molecule has 2 heterocycles. The largest absolute Gasteiger partial charge is 0.364 e. The van der Waals surface area contributed by atoms with Crippen LogP contribution in [0.3, 0.4) is 0 Å². The molecule has 0 aliphatic rings. The van der Waals surface area contributed by atoms with Crippen LogP contribution < -0.4 is 10.2 Å². The Morgan fingerprint density at radius 2 is 2.04 bits per heavy atom. The standard InChI is InChI=1S/C20H20N6O/c1-25-15-23-13-19(25)14-26(18-6-4-16(11-21)5-7-18)10-9-24-20(27)17-3-2-8-22-12-17/h2-8,12-13,15H,9-10,14H2,1H3,(H,24,27). The van der Waals surface area contributed by atoms with E-state index in [2.05, 4.69) is 26.3 Å². The number of amides is 1. The normalized spacial score (nSPS) is 10.2. The first-order chi connectivity index (χ1) is 13.2. The minimum absolute atomic E-state index is 0.150. The number of aromatic nitrogens is 3. The van der Waals surface area contributed by atoms with E-state index in [1.54, 1.807) is 43.0 Å². The van der Waals surface area contributed by atoms with E-state index in [0.29, 0.717) is 30.8 Å². The van der Waals surface area contributed by atoms with Gasteiger partial charge in [-0.2, -0.15) is 5.26 Å². The SMILES string of the molecule is Cn1cncc1CN(CCNC(=O)c1cccnc1)c1ccc(C#N)cc1. The highest BCUT2D eigenvalue weighted by Gasteiger charge is 2.11. The van der Waals surface area contributed by atoms with Gasteiger partial charge in [-0.3, -0.25) is 9.78 Å². The molecule has 7 nitrogen and oxygen atoms in total. The second-order valence-corrected chi connectivity index (χ2v) is 6.07. The molecule has 7 heteroatoms. The van der Waals surface area contributed by atoms with E-state index in [-0.39, 0.29) is 5.91 Å². The van der Waals surface area contributed by atoms with Gasteiger partial charge in [-0.15, -0.1) is 0 Å². The number of carbonyl (C=O) groups excluding carboxylic acids is 1. The molecule has 0 fully saturated rings. The van der Waals surface area contributed by atoms with Gasteiger partial charge in [0.2, 0.25) is 0 Å². The maximum Gasteiger partial charge on any atom is 0.252 e. The zero-order valence-corrected chi connectivity index (χ0v) is 15.0. The second-order valence-electron chi connectivity index (χ2n) is 6.07. The lowest BCUT2D eigenvalue weighted by Gasteiger charge is -2.25. The number of nitrogens with one attached hydrogen (secondary N) is 1. The fraction of sp³-hybridized carbons (Fsp3) is 0.200. The maximum atomic E-state index is 12.2. The van der Waals surface area contributed by atoms with Gasteiger partial charge in [0.1, 0.15) is 0 Å². The summed E-state index contributed by atoms with van der Waals surface area (Å²) >= 11 is 0. The van der Waals surface area contributed by atoms with E-state index < -0.39 is 0 Å². The molecule has 136 valence electrons. The summed E-state index contributed by atoms with van der Waals surface area (Å²) in [4.78, 5) is 22.5. The zero-order valence-electron chi connectivity index (χ0n) is 15.0. The van der Waals surface area contributed by atoms with Crippen molar-refractivity contribution in [2.24, 2.45) is 7.05 Å². The fourth-order valence-electron chi connectivity index (χ4n) is 2.68. The highest BCUT2D eigenvalue weighted by molar-refractivity contribution is 5.93. The number of anilines is 1. The molecule has 0 spiro atoms. The molecule has 0 unspecified atom stereocenters. The average molecular weight is 360 g/mol. The maximum absolute atomic E-state index is 12.2. The lowest BCUT2D eigenvalue weighted by atomic mass is 10.2. The number of imidazole rings is 1. The second kappa shape index (κ2) is 8.63. The van der Waals surface area contributed by atoms with E-state index in [1.807, 2.05) is 29.9 Å². The highest BCUT2D eigenvalue weighted by Crippen LogP contribution is 2.17. The number of pyridine rings is 1. The molecule has 27 heavy (non-hydrogen) atoms. The van der Waals surface area contributed by atoms with Gasteiger partial charge < -0.3 is 14.8 Å². The van der Waals surface area contributed by atoms with Crippen molar-refractivity contribution in [3.8, 4) is 6.07 Å². The smallest absolute Gasteiger partial charge is 0.252 e. The highest BCUT2D eigenvalue weighted by atomic mass is 16.1. The number of hydrogen-bond acceptors (Lipinski definition) is 5. The third kappa shape index (κ3) is 4.70. The van der Waals surface area contributed by atoms with Crippen molar-refractivity contribution in [3.63, 3.8) is 0 Å². The molecular formula is C20H20N6O. The van der Waals surface area contributed by atoms with Crippen LogP contribution in [0.25, 0.3) is 0 Å². The number of rotatable bonds is 7. The van der Waals surface area contributed by atoms with Crippen molar-refractivity contribution in [1.82, 2.24) is 19.9 Å². The van der Waals surface area contributed by atoms with Gasteiger partial charge in [-0.25, -0.2) is 4.98 Å². The molecule has 0 saturated carbocycles. The Morgan fingerprint density at radius 3 is 2.67 bits per heavy atom. The summed E-state index contributed by atoms with van der Waals surface area (Å²) in [6.45, 7) is 1.74. The number of hydrogen-bond donors (Lipinski definition) is 1. The van der Waals surface area contributed by atoms with Gasteiger partial charge in [0.25, 0.3) is 5.91 Å². The Morgan fingerprint density at radius 1 is 1.22 bits per heavy atom. The fourth-order valence-corrected chi connectivity index (χ4v) is 2.68.